The quantitative estimate of drug-likeness (QED) is 0.392. The van der Waals surface area contributed by atoms with E-state index in [2.05, 4.69) is 30.9 Å². The van der Waals surface area contributed by atoms with Gasteiger partial charge < -0.3 is 31.5 Å². The molecule has 0 saturated carbocycles. The van der Waals surface area contributed by atoms with Crippen LogP contribution in [0.4, 0.5) is 17.3 Å². The molecule has 28 heavy (non-hydrogen) atoms. The topological polar surface area (TPSA) is 147 Å². The second-order valence-electron chi connectivity index (χ2n) is 5.98. The van der Waals surface area contributed by atoms with Crippen LogP contribution in [0.5, 0.6) is 5.88 Å². The summed E-state index contributed by atoms with van der Waals surface area (Å²) in [7, 11) is 3.22. The highest BCUT2D eigenvalue weighted by molar-refractivity contribution is 6.18. The average molecular weight is 387 g/mol. The monoisotopic (exact) mass is 387 g/mol. The van der Waals surface area contributed by atoms with Crippen molar-refractivity contribution in [3.05, 3.63) is 36.4 Å². The van der Waals surface area contributed by atoms with Crippen LogP contribution in [-0.4, -0.2) is 53.3 Å². The number of methoxy groups -OCH3 is 1. The predicted octanol–water partition coefficient (Wildman–Crippen LogP) is 0.710. The number of hydrogen-bond acceptors (Lipinski definition) is 9. The zero-order chi connectivity index (χ0) is 20.5. The van der Waals surface area contributed by atoms with Crippen molar-refractivity contribution in [2.45, 2.75) is 6.92 Å². The summed E-state index contributed by atoms with van der Waals surface area (Å²) in [5.41, 5.74) is 6.38. The molecule has 10 heteroatoms. The van der Waals surface area contributed by atoms with E-state index in [0.29, 0.717) is 29.7 Å². The van der Waals surface area contributed by atoms with Gasteiger partial charge >= 0.3 is 0 Å². The number of aliphatic hydroxyl groups excluding tert-OH is 1. The number of ether oxygens (including phenoxy) is 1. The number of nitrogens with one attached hydrogen (secondary N) is 3. The van der Waals surface area contributed by atoms with Gasteiger partial charge in [0.25, 0.3) is 5.91 Å². The van der Waals surface area contributed by atoms with Gasteiger partial charge in [0.2, 0.25) is 5.88 Å². The highest BCUT2D eigenvalue weighted by Crippen LogP contribution is 2.25. The second kappa shape index (κ2) is 10.1. The van der Waals surface area contributed by atoms with E-state index in [4.69, 9.17) is 15.6 Å². The number of rotatable bonds is 9. The molecular weight excluding hydrogens is 362 g/mol. The lowest BCUT2D eigenvalue weighted by Gasteiger charge is -2.14. The third kappa shape index (κ3) is 5.30. The fourth-order valence-electron chi connectivity index (χ4n) is 2.22. The van der Waals surface area contributed by atoms with E-state index in [-0.39, 0.29) is 23.9 Å². The summed E-state index contributed by atoms with van der Waals surface area (Å²) in [4.78, 5) is 25.3. The van der Waals surface area contributed by atoms with Gasteiger partial charge in [-0.25, -0.2) is 15.0 Å². The van der Waals surface area contributed by atoms with Crippen LogP contribution in [0, 0.1) is 5.92 Å². The molecule has 0 radical (unpaired) electrons. The number of pyridine rings is 1. The summed E-state index contributed by atoms with van der Waals surface area (Å²) in [5, 5.41) is 17.8. The Bertz CT molecular complexity index is 842. The van der Waals surface area contributed by atoms with E-state index in [1.165, 1.54) is 7.11 Å². The number of aliphatic hydroxyl groups is 1. The Kier molecular flexibility index (Phi) is 7.52. The standard InChI is InChI=1S/C18H25N7O3/c1-11(10-26)9-22-17(27)12(8-19)16-24-14(20-2)7-15(25-16)23-13-5-4-6-21-18(13)28-3/h4-8,11,26H,9-10,19H2,1-3H3,(H,22,27)(H2,20,23,24,25). The van der Waals surface area contributed by atoms with Gasteiger partial charge in [0.15, 0.2) is 5.82 Å². The molecule has 0 spiro atoms. The lowest BCUT2D eigenvalue weighted by molar-refractivity contribution is -0.115. The van der Waals surface area contributed by atoms with Crippen LogP contribution in [0.1, 0.15) is 12.7 Å². The largest absolute Gasteiger partial charge is 0.480 e. The zero-order valence-corrected chi connectivity index (χ0v) is 16.1. The average Bonchev–Trinajstić information content (AvgIpc) is 2.72. The molecule has 0 bridgehead atoms. The summed E-state index contributed by atoms with van der Waals surface area (Å²) in [6, 6.07) is 5.22. The Labute approximate surface area is 163 Å². The summed E-state index contributed by atoms with van der Waals surface area (Å²) in [6.45, 7) is 2.08. The van der Waals surface area contributed by atoms with Crippen LogP contribution < -0.4 is 26.4 Å². The molecule has 150 valence electrons. The van der Waals surface area contributed by atoms with Crippen molar-refractivity contribution in [3.8, 4) is 5.88 Å². The first-order valence-electron chi connectivity index (χ1n) is 8.66. The fraction of sp³-hybridized carbons (Fsp3) is 0.333. The van der Waals surface area contributed by atoms with Crippen molar-refractivity contribution in [1.82, 2.24) is 20.3 Å². The van der Waals surface area contributed by atoms with Crippen molar-refractivity contribution in [3.63, 3.8) is 0 Å². The molecular formula is C18H25N7O3. The lowest BCUT2D eigenvalue weighted by Crippen LogP contribution is -2.31. The van der Waals surface area contributed by atoms with Gasteiger partial charge in [0.1, 0.15) is 17.3 Å². The van der Waals surface area contributed by atoms with Crippen molar-refractivity contribution in [2.75, 3.05) is 37.9 Å². The number of nitrogens with two attached hydrogens (primary N) is 1. The number of amides is 1. The minimum atomic E-state index is -0.430. The van der Waals surface area contributed by atoms with E-state index in [1.807, 2.05) is 6.92 Å². The fourth-order valence-corrected chi connectivity index (χ4v) is 2.22. The Morgan fingerprint density at radius 3 is 2.79 bits per heavy atom. The third-order valence-electron chi connectivity index (χ3n) is 3.78. The van der Waals surface area contributed by atoms with Crippen molar-refractivity contribution in [1.29, 1.82) is 0 Å². The number of aromatic nitrogens is 3. The number of carbonyl (C=O) groups is 1. The summed E-state index contributed by atoms with van der Waals surface area (Å²) in [5.74, 6) is 0.958. The molecule has 0 aliphatic heterocycles. The maximum atomic E-state index is 12.5. The molecule has 2 aromatic rings. The van der Waals surface area contributed by atoms with Crippen LogP contribution in [0.3, 0.4) is 0 Å². The number of anilines is 3. The minimum Gasteiger partial charge on any atom is -0.480 e. The maximum Gasteiger partial charge on any atom is 0.256 e. The van der Waals surface area contributed by atoms with Crippen LogP contribution in [0.25, 0.3) is 5.57 Å². The number of hydrogen-bond donors (Lipinski definition) is 5. The molecule has 2 aromatic heterocycles. The van der Waals surface area contributed by atoms with Crippen LogP contribution in [0.2, 0.25) is 0 Å². The van der Waals surface area contributed by atoms with Gasteiger partial charge in [0.05, 0.1) is 12.7 Å². The van der Waals surface area contributed by atoms with E-state index in [9.17, 15) is 4.79 Å². The Hall–Kier alpha value is -3.40. The van der Waals surface area contributed by atoms with Gasteiger partial charge in [-0.15, -0.1) is 0 Å². The van der Waals surface area contributed by atoms with Crippen molar-refractivity contribution < 1.29 is 14.6 Å². The van der Waals surface area contributed by atoms with Gasteiger partial charge in [-0.05, 0) is 18.1 Å². The lowest BCUT2D eigenvalue weighted by atomic mass is 10.2. The van der Waals surface area contributed by atoms with Gasteiger partial charge in [-0.2, -0.15) is 0 Å². The molecule has 0 saturated heterocycles. The van der Waals surface area contributed by atoms with E-state index < -0.39 is 5.91 Å². The molecule has 1 amide bonds. The van der Waals surface area contributed by atoms with Gasteiger partial charge in [-0.1, -0.05) is 6.92 Å². The third-order valence-corrected chi connectivity index (χ3v) is 3.78. The number of carbonyl (C=O) groups excluding carboxylic acids is 1. The smallest absolute Gasteiger partial charge is 0.256 e. The minimum absolute atomic E-state index is 0.0330. The molecule has 0 aromatic carbocycles. The first-order valence-corrected chi connectivity index (χ1v) is 8.66. The molecule has 1 atom stereocenters. The van der Waals surface area contributed by atoms with Crippen molar-refractivity contribution >= 4 is 28.8 Å². The predicted molar refractivity (Wildman–Crippen MR) is 107 cm³/mol. The SMILES string of the molecule is CNc1cc(Nc2cccnc2OC)nc(C(=CN)C(=O)NCC(C)CO)n1. The second-order valence-corrected chi connectivity index (χ2v) is 5.98. The van der Waals surface area contributed by atoms with E-state index in [1.54, 1.807) is 31.4 Å². The highest BCUT2D eigenvalue weighted by atomic mass is 16.5. The molecule has 2 rings (SSSR count). The van der Waals surface area contributed by atoms with Crippen LogP contribution in [-0.2, 0) is 4.79 Å². The Morgan fingerprint density at radius 2 is 2.14 bits per heavy atom. The number of nitrogens with zero attached hydrogens (tertiary/aromatic N) is 3. The normalized spacial score (nSPS) is 12.2. The van der Waals surface area contributed by atoms with Crippen molar-refractivity contribution in [2.24, 2.45) is 11.7 Å². The van der Waals surface area contributed by atoms with Crippen LogP contribution in [0.15, 0.2) is 30.6 Å². The summed E-state index contributed by atoms with van der Waals surface area (Å²) in [6.07, 6.45) is 2.77. The van der Waals surface area contributed by atoms with Gasteiger partial charge in [-0.3, -0.25) is 4.79 Å². The van der Waals surface area contributed by atoms with Gasteiger partial charge in [0, 0.05) is 38.7 Å². The first-order chi connectivity index (χ1) is 13.5. The Morgan fingerprint density at radius 1 is 1.39 bits per heavy atom. The zero-order valence-electron chi connectivity index (χ0n) is 16.1. The highest BCUT2D eigenvalue weighted by Gasteiger charge is 2.17. The van der Waals surface area contributed by atoms with E-state index in [0.717, 1.165) is 6.20 Å². The first kappa shape index (κ1) is 20.9. The molecule has 0 aliphatic rings. The van der Waals surface area contributed by atoms with E-state index >= 15 is 0 Å². The van der Waals surface area contributed by atoms with Crippen LogP contribution >= 0.6 is 0 Å². The maximum absolute atomic E-state index is 12.5. The molecule has 2 heterocycles. The Balaban J connectivity index is 2.31. The summed E-state index contributed by atoms with van der Waals surface area (Å²) < 4.78 is 5.23. The molecule has 10 nitrogen and oxygen atoms in total. The molecule has 6 N–H and O–H groups in total. The molecule has 1 unspecified atom stereocenters. The molecule has 0 fully saturated rings. The molecule has 0 aliphatic carbocycles. The summed E-state index contributed by atoms with van der Waals surface area (Å²) >= 11 is 0.